The Kier molecular flexibility index (Phi) is 10.6. The van der Waals surface area contributed by atoms with Gasteiger partial charge in [-0.1, -0.05) is 31.5 Å². The van der Waals surface area contributed by atoms with Gasteiger partial charge >= 0.3 is 0 Å². The smallest absolute Gasteiger partial charge is 0.244 e. The fraction of sp³-hybridized carbons (Fsp3) is 0.429. The molecule has 0 radical (unpaired) electrons. The number of piperidine rings is 1. The van der Waals surface area contributed by atoms with Crippen molar-refractivity contribution < 1.29 is 23.5 Å². The summed E-state index contributed by atoms with van der Waals surface area (Å²) < 4.78 is 25.7. The molecule has 0 aliphatic carbocycles. The number of allylic oxidation sites excluding steroid dienone is 1. The normalized spacial score (nSPS) is 16.1. The van der Waals surface area contributed by atoms with Gasteiger partial charge in [-0.2, -0.15) is 0 Å². The average Bonchev–Trinajstić information content (AvgIpc) is 2.90. The predicted molar refractivity (Wildman–Crippen MR) is 144 cm³/mol. The molecule has 1 aromatic heterocycles. The van der Waals surface area contributed by atoms with Crippen LogP contribution in [-0.4, -0.2) is 60.3 Å². The van der Waals surface area contributed by atoms with Gasteiger partial charge in [0.25, 0.3) is 0 Å². The molecule has 2 heterocycles. The van der Waals surface area contributed by atoms with E-state index in [0.717, 1.165) is 24.2 Å². The molecule has 1 aromatic carbocycles. The highest BCUT2D eigenvalue weighted by Gasteiger charge is 2.24. The van der Waals surface area contributed by atoms with Crippen molar-refractivity contribution in [2.24, 2.45) is 10.7 Å². The summed E-state index contributed by atoms with van der Waals surface area (Å²) in [4.78, 5) is 35.0. The third-order valence-corrected chi connectivity index (χ3v) is 5.98. The van der Waals surface area contributed by atoms with Gasteiger partial charge in [-0.05, 0) is 43.9 Å². The molecule has 3 N–H and O–H groups in total. The minimum absolute atomic E-state index is 0.0308. The van der Waals surface area contributed by atoms with Crippen LogP contribution in [0.15, 0.2) is 53.4 Å². The van der Waals surface area contributed by atoms with E-state index in [9.17, 15) is 14.0 Å². The van der Waals surface area contributed by atoms with Crippen LogP contribution in [0.1, 0.15) is 50.3 Å². The summed E-state index contributed by atoms with van der Waals surface area (Å²) in [5.41, 5.74) is 7.50. The third-order valence-electron chi connectivity index (χ3n) is 5.98. The number of hydrogen-bond acceptors (Lipinski definition) is 7. The maximum Gasteiger partial charge on any atom is 0.244 e. The van der Waals surface area contributed by atoms with Crippen molar-refractivity contribution in [2.75, 3.05) is 26.2 Å². The summed E-state index contributed by atoms with van der Waals surface area (Å²) in [5.74, 6) is -0.232. The summed E-state index contributed by atoms with van der Waals surface area (Å²) in [6.07, 6.45) is 5.54. The average molecular weight is 526 g/mol. The number of ether oxygens (including phenoxy) is 2. The van der Waals surface area contributed by atoms with Crippen LogP contribution in [0.5, 0.6) is 11.5 Å². The van der Waals surface area contributed by atoms with Gasteiger partial charge < -0.3 is 25.4 Å². The van der Waals surface area contributed by atoms with Gasteiger partial charge in [0.1, 0.15) is 18.4 Å². The van der Waals surface area contributed by atoms with Gasteiger partial charge in [-0.25, -0.2) is 4.39 Å². The summed E-state index contributed by atoms with van der Waals surface area (Å²) in [6.45, 7) is 6.81. The Balaban J connectivity index is 1.43. The minimum atomic E-state index is -0.523. The van der Waals surface area contributed by atoms with E-state index in [1.807, 2.05) is 45.0 Å². The Hall–Kier alpha value is -3.95. The van der Waals surface area contributed by atoms with E-state index in [1.54, 1.807) is 4.90 Å². The van der Waals surface area contributed by atoms with Crippen LogP contribution < -0.4 is 20.5 Å². The van der Waals surface area contributed by atoms with Gasteiger partial charge in [0.15, 0.2) is 11.6 Å². The molecule has 0 saturated carbocycles. The van der Waals surface area contributed by atoms with E-state index in [0.29, 0.717) is 18.8 Å². The first-order chi connectivity index (χ1) is 18.3. The maximum atomic E-state index is 14.1. The molecule has 1 aliphatic heterocycles. The van der Waals surface area contributed by atoms with Crippen LogP contribution in [0.2, 0.25) is 0 Å². The number of nitrogens with one attached hydrogen (secondary N) is 1. The second-order valence-electron chi connectivity index (χ2n) is 9.44. The molecular weight excluding hydrogens is 489 g/mol. The minimum Gasteiger partial charge on any atom is -0.489 e. The van der Waals surface area contributed by atoms with E-state index in [1.165, 1.54) is 24.7 Å². The highest BCUT2D eigenvalue weighted by Crippen LogP contribution is 2.27. The summed E-state index contributed by atoms with van der Waals surface area (Å²) in [5, 5.41) is 2.61. The third kappa shape index (κ3) is 8.57. The fourth-order valence-corrected chi connectivity index (χ4v) is 3.97. The standard InChI is InChI=1S/C28H36FN5O4/c1-19(2)27-28(24(29)10-12-32-27)37-14-11-25(35)33-21(15-30)16-31-17-26(36)34-13-4-5-23(18-34)38-22-8-6-20(3)7-9-22/h6-10,12,15-16,19,23H,4-5,11,13-14,17-18,30H2,1-3H3,(H,33,35)/b21-15+,31-16?/t23-/m0/s1. The number of aliphatic imine (C=N–C) groups is 1. The lowest BCUT2D eigenvalue weighted by molar-refractivity contribution is -0.132. The fourth-order valence-electron chi connectivity index (χ4n) is 3.97. The number of carbonyl (C=O) groups is 2. The van der Waals surface area contributed by atoms with Crippen molar-refractivity contribution in [1.29, 1.82) is 0 Å². The molecule has 0 bridgehead atoms. The molecular formula is C28H36FN5O4. The molecule has 2 aromatic rings. The SMILES string of the molecule is Cc1ccc(O[C@H]2CCCN(C(=O)CN=C/C(=C\N)NC(=O)CCOc3c(F)ccnc3C(C)C)C2)cc1. The van der Waals surface area contributed by atoms with Crippen LogP contribution in [0.25, 0.3) is 0 Å². The Labute approximate surface area is 222 Å². The molecule has 0 spiro atoms. The van der Waals surface area contributed by atoms with Crippen LogP contribution in [0, 0.1) is 12.7 Å². The van der Waals surface area contributed by atoms with Gasteiger partial charge in [0.05, 0.1) is 31.0 Å². The first-order valence-corrected chi connectivity index (χ1v) is 12.8. The lowest BCUT2D eigenvalue weighted by Gasteiger charge is -2.32. The molecule has 9 nitrogen and oxygen atoms in total. The van der Waals surface area contributed by atoms with Crippen molar-refractivity contribution in [1.82, 2.24) is 15.2 Å². The largest absolute Gasteiger partial charge is 0.489 e. The quantitative estimate of drug-likeness (QED) is 0.434. The lowest BCUT2D eigenvalue weighted by atomic mass is 10.1. The number of nitrogens with two attached hydrogens (primary N) is 1. The first-order valence-electron chi connectivity index (χ1n) is 12.8. The van der Waals surface area contributed by atoms with Gasteiger partial charge in [0, 0.05) is 25.2 Å². The number of rotatable bonds is 11. The molecule has 0 unspecified atom stereocenters. The molecule has 1 aliphatic rings. The highest BCUT2D eigenvalue weighted by molar-refractivity contribution is 5.89. The zero-order valence-corrected chi connectivity index (χ0v) is 22.2. The van der Waals surface area contributed by atoms with Crippen LogP contribution >= 0.6 is 0 Å². The molecule has 204 valence electrons. The molecule has 38 heavy (non-hydrogen) atoms. The molecule has 1 saturated heterocycles. The van der Waals surface area contributed by atoms with Crippen molar-refractivity contribution in [2.45, 2.75) is 52.1 Å². The van der Waals surface area contributed by atoms with Crippen molar-refractivity contribution in [3.8, 4) is 11.5 Å². The Morgan fingerprint density at radius 3 is 2.76 bits per heavy atom. The molecule has 1 fully saturated rings. The summed E-state index contributed by atoms with van der Waals surface area (Å²) in [7, 11) is 0. The number of aryl methyl sites for hydroxylation is 1. The molecule has 3 rings (SSSR count). The predicted octanol–water partition coefficient (Wildman–Crippen LogP) is 3.48. The number of pyridine rings is 1. The van der Waals surface area contributed by atoms with E-state index < -0.39 is 5.82 Å². The van der Waals surface area contributed by atoms with E-state index in [4.69, 9.17) is 15.2 Å². The topological polar surface area (TPSA) is 119 Å². The molecule has 1 atom stereocenters. The van der Waals surface area contributed by atoms with Gasteiger partial charge in [0.2, 0.25) is 11.8 Å². The maximum absolute atomic E-state index is 14.1. The number of halogens is 1. The Morgan fingerprint density at radius 2 is 2.05 bits per heavy atom. The van der Waals surface area contributed by atoms with Crippen LogP contribution in [-0.2, 0) is 9.59 Å². The first kappa shape index (κ1) is 28.6. The number of benzene rings is 1. The van der Waals surface area contributed by atoms with E-state index in [2.05, 4.69) is 15.3 Å². The van der Waals surface area contributed by atoms with Crippen molar-refractivity contribution >= 4 is 18.0 Å². The van der Waals surface area contributed by atoms with E-state index in [-0.39, 0.29) is 54.9 Å². The number of carbonyl (C=O) groups excluding carboxylic acids is 2. The second-order valence-corrected chi connectivity index (χ2v) is 9.44. The highest BCUT2D eigenvalue weighted by atomic mass is 19.1. The zero-order valence-electron chi connectivity index (χ0n) is 22.2. The number of aromatic nitrogens is 1. The number of likely N-dealkylation sites (tertiary alicyclic amines) is 1. The van der Waals surface area contributed by atoms with Crippen molar-refractivity contribution in [3.63, 3.8) is 0 Å². The summed E-state index contributed by atoms with van der Waals surface area (Å²) >= 11 is 0. The number of nitrogens with zero attached hydrogens (tertiary/aromatic N) is 3. The Bertz CT molecular complexity index is 1150. The van der Waals surface area contributed by atoms with Crippen LogP contribution in [0.3, 0.4) is 0 Å². The molecule has 2 amide bonds. The zero-order chi connectivity index (χ0) is 27.5. The molecule has 10 heteroatoms. The van der Waals surface area contributed by atoms with Gasteiger partial charge in [-0.3, -0.25) is 19.6 Å². The number of hydrogen-bond donors (Lipinski definition) is 2. The van der Waals surface area contributed by atoms with Crippen molar-refractivity contribution in [3.05, 3.63) is 65.5 Å². The second kappa shape index (κ2) is 14.1. The number of amides is 2. The van der Waals surface area contributed by atoms with Gasteiger partial charge in [-0.15, -0.1) is 0 Å². The van der Waals surface area contributed by atoms with Crippen LogP contribution in [0.4, 0.5) is 4.39 Å². The van der Waals surface area contributed by atoms with E-state index >= 15 is 0 Å². The lowest BCUT2D eigenvalue weighted by Crippen LogP contribution is -2.45. The Morgan fingerprint density at radius 1 is 1.29 bits per heavy atom. The summed E-state index contributed by atoms with van der Waals surface area (Å²) in [6, 6.07) is 9.07. The monoisotopic (exact) mass is 525 g/mol.